The summed E-state index contributed by atoms with van der Waals surface area (Å²) in [4.78, 5) is 34.0. The van der Waals surface area contributed by atoms with E-state index in [1.54, 1.807) is 12.5 Å². The monoisotopic (exact) mass is 274 g/mol. The van der Waals surface area contributed by atoms with E-state index in [1.807, 2.05) is 12.4 Å². The van der Waals surface area contributed by atoms with Gasteiger partial charge in [0.2, 0.25) is 5.78 Å². The Hall–Kier alpha value is -2.24. The molecule has 1 amide bonds. The van der Waals surface area contributed by atoms with Crippen LogP contribution >= 0.6 is 0 Å². The van der Waals surface area contributed by atoms with Crippen molar-refractivity contribution in [3.63, 3.8) is 0 Å². The molecule has 1 aromatic rings. The average Bonchev–Trinajstić information content (AvgIpc) is 3.11. The summed E-state index contributed by atoms with van der Waals surface area (Å²) < 4.78 is 0. The van der Waals surface area contributed by atoms with Crippen LogP contribution in [0.3, 0.4) is 0 Å². The van der Waals surface area contributed by atoms with E-state index in [9.17, 15) is 9.59 Å². The van der Waals surface area contributed by atoms with Crippen molar-refractivity contribution >= 4 is 17.9 Å². The van der Waals surface area contributed by atoms with Gasteiger partial charge in [0.15, 0.2) is 0 Å². The molecule has 2 N–H and O–H groups in total. The molecule has 0 saturated carbocycles. The predicted molar refractivity (Wildman–Crippen MR) is 75.4 cm³/mol. The number of allylic oxidation sites excluding steroid dienone is 1. The number of nitrogens with one attached hydrogen (secondary N) is 2. The minimum absolute atomic E-state index is 0.285. The number of hydrogen-bond donors (Lipinski definition) is 2. The number of aromatic nitrogens is 2. The molecule has 0 atom stereocenters. The van der Waals surface area contributed by atoms with Gasteiger partial charge >= 0.3 is 0 Å². The summed E-state index contributed by atoms with van der Waals surface area (Å²) in [5.74, 6) is -0.852. The van der Waals surface area contributed by atoms with Crippen LogP contribution in [0, 0.1) is 0 Å². The van der Waals surface area contributed by atoms with Crippen molar-refractivity contribution in [1.29, 1.82) is 0 Å². The maximum Gasteiger partial charge on any atom is 0.287 e. The molecule has 2 heterocycles. The number of amides is 1. The lowest BCUT2D eigenvalue weighted by molar-refractivity contribution is -0.137. The van der Waals surface area contributed by atoms with Crippen LogP contribution in [0.15, 0.2) is 29.3 Å². The van der Waals surface area contributed by atoms with E-state index in [-0.39, 0.29) is 12.2 Å². The Morgan fingerprint density at radius 2 is 2.25 bits per heavy atom. The number of Topliss-reactive ketones (excluding diaryl/α,β-unsaturated/α-hetero) is 1. The molecule has 0 unspecified atom stereocenters. The number of hydrogen-bond acceptors (Lipinski definition) is 4. The Morgan fingerprint density at radius 3 is 2.95 bits per heavy atom. The van der Waals surface area contributed by atoms with E-state index in [1.165, 1.54) is 5.57 Å². The normalized spacial score (nSPS) is 13.3. The Morgan fingerprint density at radius 1 is 1.35 bits per heavy atom. The van der Waals surface area contributed by atoms with Gasteiger partial charge in [0.25, 0.3) is 5.91 Å². The van der Waals surface area contributed by atoms with Gasteiger partial charge in [-0.25, -0.2) is 4.98 Å². The zero-order valence-electron chi connectivity index (χ0n) is 11.3. The maximum atomic E-state index is 11.6. The van der Waals surface area contributed by atoms with Gasteiger partial charge < -0.3 is 10.3 Å². The molecule has 6 heteroatoms. The number of imidazole rings is 1. The summed E-state index contributed by atoms with van der Waals surface area (Å²) in [6.07, 6.45) is 10.3. The van der Waals surface area contributed by atoms with Gasteiger partial charge in [-0.15, -0.1) is 0 Å². The lowest BCUT2D eigenvalue weighted by Gasteiger charge is -2.04. The van der Waals surface area contributed by atoms with Crippen molar-refractivity contribution in [3.8, 4) is 0 Å². The molecular formula is C14H18N4O2. The number of ketones is 1. The highest BCUT2D eigenvalue weighted by Crippen LogP contribution is 2.14. The molecule has 0 saturated heterocycles. The molecule has 20 heavy (non-hydrogen) atoms. The Labute approximate surface area is 117 Å². The van der Waals surface area contributed by atoms with Crippen molar-refractivity contribution < 1.29 is 9.59 Å². The van der Waals surface area contributed by atoms with Crippen molar-refractivity contribution in [1.82, 2.24) is 15.3 Å². The predicted octanol–water partition coefficient (Wildman–Crippen LogP) is 1.17. The molecule has 0 bridgehead atoms. The Kier molecular flexibility index (Phi) is 5.23. The van der Waals surface area contributed by atoms with E-state index in [0.717, 1.165) is 18.5 Å². The van der Waals surface area contributed by atoms with Crippen LogP contribution in [0.4, 0.5) is 0 Å². The van der Waals surface area contributed by atoms with Crippen LogP contribution in [0.1, 0.15) is 31.4 Å². The summed E-state index contributed by atoms with van der Waals surface area (Å²) in [6.45, 7) is 0.436. The molecule has 0 fully saturated rings. The average molecular weight is 274 g/mol. The molecule has 1 aliphatic rings. The second kappa shape index (κ2) is 7.37. The largest absolute Gasteiger partial charge is 0.349 e. The lowest BCUT2D eigenvalue weighted by Crippen LogP contribution is -2.32. The van der Waals surface area contributed by atoms with Crippen molar-refractivity contribution in [2.75, 3.05) is 6.54 Å². The SMILES string of the molecule is O=C(CCCC1=CN=CC1)C(=O)NCCc1cnc[nH]1. The topological polar surface area (TPSA) is 87.2 Å². The van der Waals surface area contributed by atoms with Crippen molar-refractivity contribution in [3.05, 3.63) is 30.0 Å². The summed E-state index contributed by atoms with van der Waals surface area (Å²) in [5.41, 5.74) is 2.16. The summed E-state index contributed by atoms with van der Waals surface area (Å²) in [6, 6.07) is 0. The van der Waals surface area contributed by atoms with Crippen LogP contribution in [0.5, 0.6) is 0 Å². The fraction of sp³-hybridized carbons (Fsp3) is 0.429. The van der Waals surface area contributed by atoms with Crippen LogP contribution in [0.25, 0.3) is 0 Å². The zero-order chi connectivity index (χ0) is 14.2. The first-order valence-electron chi connectivity index (χ1n) is 6.73. The first-order valence-corrected chi connectivity index (χ1v) is 6.73. The molecule has 0 radical (unpaired) electrons. The molecule has 1 aromatic heterocycles. The van der Waals surface area contributed by atoms with Crippen molar-refractivity contribution in [2.24, 2.45) is 4.99 Å². The van der Waals surface area contributed by atoms with Gasteiger partial charge in [-0.1, -0.05) is 0 Å². The third kappa shape index (κ3) is 4.46. The minimum atomic E-state index is -0.499. The van der Waals surface area contributed by atoms with E-state index in [0.29, 0.717) is 19.4 Å². The molecule has 6 nitrogen and oxygen atoms in total. The van der Waals surface area contributed by atoms with Gasteiger partial charge in [-0.05, 0) is 18.4 Å². The quantitative estimate of drug-likeness (QED) is 0.697. The number of carbonyl (C=O) groups excluding carboxylic acids is 2. The fourth-order valence-electron chi connectivity index (χ4n) is 1.97. The highest BCUT2D eigenvalue weighted by Gasteiger charge is 2.13. The molecule has 0 aliphatic carbocycles. The van der Waals surface area contributed by atoms with Gasteiger partial charge in [0.05, 0.1) is 6.33 Å². The first kappa shape index (κ1) is 14.2. The number of rotatable bonds is 8. The first-order chi connectivity index (χ1) is 9.75. The van der Waals surface area contributed by atoms with E-state index >= 15 is 0 Å². The van der Waals surface area contributed by atoms with Crippen LogP contribution in [-0.2, 0) is 16.0 Å². The molecule has 2 rings (SSSR count). The smallest absolute Gasteiger partial charge is 0.287 e. The standard InChI is InChI=1S/C14H18N4O2/c19-13(3-1-2-11-4-6-15-8-11)14(20)17-7-5-12-9-16-10-18-12/h6,8-10H,1-5,7H2,(H,16,18)(H,17,20). The lowest BCUT2D eigenvalue weighted by atomic mass is 10.1. The molecule has 1 aliphatic heterocycles. The van der Waals surface area contributed by atoms with E-state index < -0.39 is 5.91 Å². The molecular weight excluding hydrogens is 256 g/mol. The third-order valence-corrected chi connectivity index (χ3v) is 3.11. The summed E-state index contributed by atoms with van der Waals surface area (Å²) >= 11 is 0. The van der Waals surface area contributed by atoms with E-state index in [4.69, 9.17) is 0 Å². The Bertz CT molecular complexity index is 517. The van der Waals surface area contributed by atoms with Crippen LogP contribution in [0.2, 0.25) is 0 Å². The summed E-state index contributed by atoms with van der Waals surface area (Å²) in [5, 5.41) is 2.62. The van der Waals surface area contributed by atoms with Gasteiger partial charge in [0, 0.05) is 50.1 Å². The number of carbonyl (C=O) groups is 2. The van der Waals surface area contributed by atoms with Gasteiger partial charge in [0.1, 0.15) is 0 Å². The van der Waals surface area contributed by atoms with Gasteiger partial charge in [-0.3, -0.25) is 14.6 Å². The van der Waals surface area contributed by atoms with Crippen LogP contribution in [-0.4, -0.2) is 34.4 Å². The Balaban J connectivity index is 1.58. The molecule has 106 valence electrons. The number of aliphatic imine (C=N–C) groups is 1. The number of nitrogens with zero attached hydrogens (tertiary/aromatic N) is 2. The van der Waals surface area contributed by atoms with Crippen LogP contribution < -0.4 is 5.32 Å². The number of H-pyrrole nitrogens is 1. The second-order valence-electron chi connectivity index (χ2n) is 4.68. The molecule has 0 aromatic carbocycles. The zero-order valence-corrected chi connectivity index (χ0v) is 11.3. The van der Waals surface area contributed by atoms with Gasteiger partial charge in [-0.2, -0.15) is 0 Å². The minimum Gasteiger partial charge on any atom is -0.349 e. The third-order valence-electron chi connectivity index (χ3n) is 3.11. The highest BCUT2D eigenvalue weighted by molar-refractivity contribution is 6.36. The molecule has 0 spiro atoms. The second-order valence-corrected chi connectivity index (χ2v) is 4.68. The highest BCUT2D eigenvalue weighted by atomic mass is 16.2. The maximum absolute atomic E-state index is 11.6. The van der Waals surface area contributed by atoms with Crippen molar-refractivity contribution in [2.45, 2.75) is 32.1 Å². The number of aromatic amines is 1. The summed E-state index contributed by atoms with van der Waals surface area (Å²) in [7, 11) is 0. The van der Waals surface area contributed by atoms with E-state index in [2.05, 4.69) is 20.3 Å². The fourth-order valence-corrected chi connectivity index (χ4v) is 1.97.